The fraction of sp³-hybridized carbons (Fsp3) is 0.261. The van der Waals surface area contributed by atoms with Crippen molar-refractivity contribution < 1.29 is 17.9 Å². The summed E-state index contributed by atoms with van der Waals surface area (Å²) in [6, 6.07) is 18.4. The van der Waals surface area contributed by atoms with E-state index in [9.17, 15) is 13.2 Å². The third-order valence-corrected chi connectivity index (χ3v) is 6.51. The topological polar surface area (TPSA) is 75.7 Å². The summed E-state index contributed by atoms with van der Waals surface area (Å²) < 4.78 is 31.4. The van der Waals surface area contributed by atoms with Crippen molar-refractivity contribution in [3.05, 3.63) is 70.7 Å². The molecule has 3 aromatic rings. The van der Waals surface area contributed by atoms with Crippen molar-refractivity contribution >= 4 is 55.6 Å². The average molecular weight is 495 g/mol. The van der Waals surface area contributed by atoms with Crippen molar-refractivity contribution in [3.8, 4) is 5.75 Å². The number of carbonyl (C=O) groups excluding carboxylic acids is 1. The lowest BCUT2D eigenvalue weighted by molar-refractivity contribution is -0.121. The number of halogens is 2. The first-order valence-corrected chi connectivity index (χ1v) is 12.7. The number of hydrogen-bond donors (Lipinski definition) is 1. The first-order valence-electron chi connectivity index (χ1n) is 10.1. The number of benzene rings is 3. The van der Waals surface area contributed by atoms with Gasteiger partial charge >= 0.3 is 0 Å². The molecule has 0 aliphatic carbocycles. The quantitative estimate of drug-likeness (QED) is 0.407. The number of nitrogens with one attached hydrogen (secondary N) is 1. The van der Waals surface area contributed by atoms with E-state index in [4.69, 9.17) is 27.9 Å². The van der Waals surface area contributed by atoms with Crippen LogP contribution in [0.2, 0.25) is 10.0 Å². The molecular formula is C23H24Cl2N2O4S. The van der Waals surface area contributed by atoms with Crippen LogP contribution in [0.15, 0.2) is 60.7 Å². The molecule has 3 rings (SSSR count). The van der Waals surface area contributed by atoms with Crippen LogP contribution in [0.5, 0.6) is 5.75 Å². The highest BCUT2D eigenvalue weighted by Gasteiger charge is 2.20. The molecule has 0 spiro atoms. The van der Waals surface area contributed by atoms with Gasteiger partial charge in [0.15, 0.2) is 0 Å². The molecule has 0 aliphatic rings. The molecule has 0 bridgehead atoms. The predicted octanol–water partition coefficient (Wildman–Crippen LogP) is 4.89. The lowest BCUT2D eigenvalue weighted by atomic mass is 10.1. The lowest BCUT2D eigenvalue weighted by Crippen LogP contribution is -2.33. The van der Waals surface area contributed by atoms with Gasteiger partial charge in [-0.05, 0) is 36.1 Å². The van der Waals surface area contributed by atoms with Crippen molar-refractivity contribution in [1.29, 1.82) is 0 Å². The van der Waals surface area contributed by atoms with E-state index in [0.29, 0.717) is 30.3 Å². The highest BCUT2D eigenvalue weighted by atomic mass is 35.5. The van der Waals surface area contributed by atoms with Crippen LogP contribution in [0.1, 0.15) is 12.8 Å². The summed E-state index contributed by atoms with van der Waals surface area (Å²) in [7, 11) is -3.59. The van der Waals surface area contributed by atoms with E-state index >= 15 is 0 Å². The number of carbonyl (C=O) groups is 1. The summed E-state index contributed by atoms with van der Waals surface area (Å²) in [6.07, 6.45) is 1.58. The zero-order valence-electron chi connectivity index (χ0n) is 17.6. The number of rotatable bonds is 10. The normalized spacial score (nSPS) is 11.3. The molecule has 6 nitrogen and oxygen atoms in total. The van der Waals surface area contributed by atoms with Crippen molar-refractivity contribution in [1.82, 2.24) is 5.32 Å². The Kier molecular flexibility index (Phi) is 8.23. The number of ether oxygens (including phenoxy) is 1. The van der Waals surface area contributed by atoms with Crippen LogP contribution >= 0.6 is 23.2 Å². The summed E-state index contributed by atoms with van der Waals surface area (Å²) in [4.78, 5) is 12.2. The minimum atomic E-state index is -3.59. The Balaban J connectivity index is 1.47. The molecule has 0 saturated heterocycles. The van der Waals surface area contributed by atoms with Crippen LogP contribution in [-0.4, -0.2) is 40.3 Å². The Bertz CT molecular complexity index is 1200. The Hall–Kier alpha value is -2.48. The molecule has 0 saturated carbocycles. The molecule has 3 aromatic carbocycles. The number of nitrogens with zero attached hydrogens (tertiary/aromatic N) is 1. The van der Waals surface area contributed by atoms with Crippen molar-refractivity contribution in [2.24, 2.45) is 0 Å². The van der Waals surface area contributed by atoms with E-state index in [2.05, 4.69) is 5.32 Å². The molecular weight excluding hydrogens is 471 g/mol. The van der Waals surface area contributed by atoms with E-state index in [-0.39, 0.29) is 23.9 Å². The van der Waals surface area contributed by atoms with Gasteiger partial charge in [0.1, 0.15) is 12.4 Å². The molecule has 0 aliphatic heterocycles. The van der Waals surface area contributed by atoms with Gasteiger partial charge in [-0.25, -0.2) is 8.42 Å². The van der Waals surface area contributed by atoms with E-state index in [1.807, 2.05) is 42.5 Å². The molecule has 32 heavy (non-hydrogen) atoms. The van der Waals surface area contributed by atoms with Crippen molar-refractivity contribution in [2.45, 2.75) is 12.8 Å². The number of hydrogen-bond acceptors (Lipinski definition) is 4. The maximum absolute atomic E-state index is 12.2. The molecule has 0 unspecified atom stereocenters. The lowest BCUT2D eigenvalue weighted by Gasteiger charge is -2.23. The minimum absolute atomic E-state index is 0.110. The van der Waals surface area contributed by atoms with Gasteiger partial charge in [0.05, 0.1) is 23.5 Å². The number of fused-ring (bicyclic) bond motifs is 1. The second-order valence-electron chi connectivity index (χ2n) is 7.21. The fourth-order valence-corrected chi connectivity index (χ4v) is 4.69. The van der Waals surface area contributed by atoms with Gasteiger partial charge in [0, 0.05) is 23.4 Å². The first kappa shape index (κ1) is 24.2. The van der Waals surface area contributed by atoms with Gasteiger partial charge in [0.25, 0.3) is 0 Å². The first-order chi connectivity index (χ1) is 15.3. The standard InChI is InChI=1S/C23H24Cl2N2O4S/c1-32(29,30)27(21-16-18(24)11-12-20(21)25)14-5-10-23(28)26-13-15-31-22-9-4-7-17-6-2-3-8-19(17)22/h2-4,6-9,11-12,16H,5,10,13-15H2,1H3,(H,26,28). The van der Waals surface area contributed by atoms with E-state index in [0.717, 1.165) is 27.1 Å². The van der Waals surface area contributed by atoms with Crippen LogP contribution < -0.4 is 14.4 Å². The van der Waals surface area contributed by atoms with Crippen LogP contribution in [0, 0.1) is 0 Å². The second-order valence-corrected chi connectivity index (χ2v) is 9.96. The molecule has 1 amide bonds. The predicted molar refractivity (Wildman–Crippen MR) is 130 cm³/mol. The molecule has 0 aromatic heterocycles. The molecule has 0 atom stereocenters. The van der Waals surface area contributed by atoms with Crippen molar-refractivity contribution in [3.63, 3.8) is 0 Å². The fourth-order valence-electron chi connectivity index (χ4n) is 3.29. The van der Waals surface area contributed by atoms with E-state index in [1.54, 1.807) is 12.1 Å². The van der Waals surface area contributed by atoms with Crippen molar-refractivity contribution in [2.75, 3.05) is 30.3 Å². The summed E-state index contributed by atoms with van der Waals surface area (Å²) in [5.74, 6) is 0.580. The monoisotopic (exact) mass is 494 g/mol. The van der Waals surface area contributed by atoms with Gasteiger partial charge in [-0.15, -0.1) is 0 Å². The molecule has 170 valence electrons. The number of anilines is 1. The van der Waals surface area contributed by atoms with Crippen LogP contribution in [0.4, 0.5) is 5.69 Å². The summed E-state index contributed by atoms with van der Waals surface area (Å²) in [5, 5.41) is 5.55. The highest BCUT2D eigenvalue weighted by Crippen LogP contribution is 2.31. The summed E-state index contributed by atoms with van der Waals surface area (Å²) in [5.41, 5.74) is 0.297. The Morgan fingerprint density at radius 2 is 1.81 bits per heavy atom. The van der Waals surface area contributed by atoms with Crippen LogP contribution in [0.25, 0.3) is 10.8 Å². The molecule has 9 heteroatoms. The maximum atomic E-state index is 12.2. The summed E-state index contributed by atoms with van der Waals surface area (Å²) >= 11 is 12.1. The number of amides is 1. The average Bonchev–Trinajstić information content (AvgIpc) is 2.75. The zero-order chi connectivity index (χ0) is 23.1. The highest BCUT2D eigenvalue weighted by molar-refractivity contribution is 7.92. The Morgan fingerprint density at radius 1 is 1.06 bits per heavy atom. The summed E-state index contributed by atoms with van der Waals surface area (Å²) in [6.45, 7) is 0.782. The molecule has 0 radical (unpaired) electrons. The Morgan fingerprint density at radius 3 is 2.59 bits per heavy atom. The van der Waals surface area contributed by atoms with Crippen LogP contribution in [0.3, 0.4) is 0 Å². The smallest absolute Gasteiger partial charge is 0.232 e. The van der Waals surface area contributed by atoms with Gasteiger partial charge in [-0.2, -0.15) is 0 Å². The molecule has 0 heterocycles. The van der Waals surface area contributed by atoms with Gasteiger partial charge in [-0.1, -0.05) is 59.6 Å². The minimum Gasteiger partial charge on any atom is -0.491 e. The molecule has 0 fully saturated rings. The number of sulfonamides is 1. The van der Waals surface area contributed by atoms with Crippen LogP contribution in [-0.2, 0) is 14.8 Å². The second kappa shape index (κ2) is 10.9. The van der Waals surface area contributed by atoms with E-state index in [1.165, 1.54) is 6.07 Å². The Labute approximate surface area is 198 Å². The largest absolute Gasteiger partial charge is 0.491 e. The zero-order valence-corrected chi connectivity index (χ0v) is 19.9. The van der Waals surface area contributed by atoms with Gasteiger partial charge < -0.3 is 10.1 Å². The third kappa shape index (κ3) is 6.51. The van der Waals surface area contributed by atoms with E-state index < -0.39 is 10.0 Å². The third-order valence-electron chi connectivity index (χ3n) is 4.77. The van der Waals surface area contributed by atoms with Gasteiger partial charge in [0.2, 0.25) is 15.9 Å². The molecule has 1 N–H and O–H groups in total. The SMILES string of the molecule is CS(=O)(=O)N(CCCC(=O)NCCOc1cccc2ccccc12)c1cc(Cl)ccc1Cl. The maximum Gasteiger partial charge on any atom is 0.232 e. The van der Waals surface area contributed by atoms with Gasteiger partial charge in [-0.3, -0.25) is 9.10 Å².